The van der Waals surface area contributed by atoms with Crippen LogP contribution in [0.3, 0.4) is 0 Å². The van der Waals surface area contributed by atoms with Gasteiger partial charge in [-0.3, -0.25) is 14.4 Å². The topological polar surface area (TPSA) is 331 Å². The molecule has 0 fully saturated rings. The minimum Gasteiger partial charge on any atom is -0.457 e. The van der Waals surface area contributed by atoms with Crippen molar-refractivity contribution >= 4 is 29.0 Å². The lowest BCUT2D eigenvalue weighted by atomic mass is 10.1. The Bertz CT molecular complexity index is 5210. The molecule has 2 heterocycles. The van der Waals surface area contributed by atoms with Crippen LogP contribution < -0.4 is 57.2 Å². The number of carbonyl (C=O) groups is 1. The molecule has 0 radical (unpaired) electrons. The highest BCUT2D eigenvalue weighted by Crippen LogP contribution is 2.35. The van der Waals surface area contributed by atoms with Crippen molar-refractivity contribution in [3.63, 3.8) is 0 Å². The summed E-state index contributed by atoms with van der Waals surface area (Å²) >= 11 is 0. The van der Waals surface area contributed by atoms with E-state index in [1.54, 1.807) is 45.2 Å². The number of aryl methyl sites for hydroxylation is 12. The number of aromatic amines is 1. The molecule has 0 aliphatic heterocycles. The van der Waals surface area contributed by atoms with Gasteiger partial charge in [0.2, 0.25) is 12.0 Å². The second-order valence-electron chi connectivity index (χ2n) is 24.3. The van der Waals surface area contributed by atoms with Crippen LogP contribution >= 0.6 is 0 Å². The average molecular weight is 1830 g/mol. The van der Waals surface area contributed by atoms with E-state index < -0.39 is 5.69 Å². The average Bonchev–Trinajstić information content (AvgIpc) is 0.775. The van der Waals surface area contributed by atoms with Crippen molar-refractivity contribution in [2.45, 2.75) is 228 Å². The van der Waals surface area contributed by atoms with E-state index in [1.165, 1.54) is 28.2 Å². The van der Waals surface area contributed by atoms with Crippen LogP contribution in [0.4, 0.5) is 17.1 Å². The van der Waals surface area contributed by atoms with Gasteiger partial charge in [0.1, 0.15) is 57.5 Å². The number of isocyanates is 1. The normalized spacial score (nSPS) is 8.64. The third-order valence-electron chi connectivity index (χ3n) is 16.0. The number of anilines is 2. The number of aliphatic hydroxyl groups excluding tert-OH is 5. The van der Waals surface area contributed by atoms with Crippen molar-refractivity contribution in [3.8, 4) is 68.9 Å². The fourth-order valence-corrected chi connectivity index (χ4v) is 10.5. The van der Waals surface area contributed by atoms with Crippen molar-refractivity contribution in [1.82, 2.24) is 18.7 Å². The first-order valence-corrected chi connectivity index (χ1v) is 45.0. The summed E-state index contributed by atoms with van der Waals surface area (Å²) in [6.07, 6.45) is 1.55. The molecular weight excluding hydrogens is 1660 g/mol. The Morgan fingerprint density at radius 2 is 0.606 bits per heavy atom. The van der Waals surface area contributed by atoms with Crippen LogP contribution in [0, 0.1) is 83.1 Å². The molecular formula is C109H163N7O16. The van der Waals surface area contributed by atoms with Crippen molar-refractivity contribution in [3.05, 3.63) is 333 Å². The maximum atomic E-state index is 12.6. The highest BCUT2D eigenvalue weighted by Gasteiger charge is 2.17. The number of H-pyrrole nitrogens is 1. The van der Waals surface area contributed by atoms with Crippen LogP contribution in [-0.2, 0) is 16.6 Å². The van der Waals surface area contributed by atoms with Crippen LogP contribution in [-0.4, -0.2) is 91.8 Å². The molecule has 0 saturated heterocycles. The number of hydrogen-bond donors (Lipinski definition) is 8. The number of nitrogen functional groups attached to an aromatic ring is 1. The molecule has 1 amide bonds. The predicted molar refractivity (Wildman–Crippen MR) is 559 cm³/mol. The summed E-state index contributed by atoms with van der Waals surface area (Å²) in [5.41, 5.74) is 18.3. The molecule has 0 aliphatic carbocycles. The molecule has 0 unspecified atom stereocenters. The van der Waals surface area contributed by atoms with Crippen LogP contribution in [0.2, 0.25) is 0 Å². The van der Waals surface area contributed by atoms with E-state index in [-0.39, 0.29) is 22.7 Å². The number of hydrogen-bond acceptors (Lipinski definition) is 18. The van der Waals surface area contributed by atoms with Gasteiger partial charge in [0, 0.05) is 115 Å². The number of nitrogens with two attached hydrogens (primary N) is 1. The zero-order valence-corrected chi connectivity index (χ0v) is 87.0. The van der Waals surface area contributed by atoms with Gasteiger partial charge in [0.15, 0.2) is 0 Å². The fraction of sp³-hybridized carbons (Fsp3) is 0.358. The Morgan fingerprint density at radius 3 is 0.909 bits per heavy atom. The fourth-order valence-electron chi connectivity index (χ4n) is 10.5. The van der Waals surface area contributed by atoms with Crippen molar-refractivity contribution < 1.29 is 58.8 Å². The number of amides is 1. The molecule has 0 saturated carbocycles. The van der Waals surface area contributed by atoms with Gasteiger partial charge in [-0.2, -0.15) is 4.99 Å². The Kier molecular flexibility index (Phi) is 86.4. The monoisotopic (exact) mass is 1830 g/mol. The molecule has 10 aromatic carbocycles. The second-order valence-corrected chi connectivity index (χ2v) is 24.3. The first-order chi connectivity index (χ1) is 63.8. The number of benzene rings is 10. The van der Waals surface area contributed by atoms with Crippen molar-refractivity contribution in [1.29, 1.82) is 0 Å². The van der Waals surface area contributed by atoms with Gasteiger partial charge in [-0.25, -0.2) is 23.5 Å². The van der Waals surface area contributed by atoms with E-state index in [4.69, 9.17) is 55.0 Å². The van der Waals surface area contributed by atoms with Crippen molar-refractivity contribution in [2.75, 3.05) is 46.6 Å². The molecule has 12 rings (SSSR count). The number of rotatable bonds is 14. The predicted octanol–water partition coefficient (Wildman–Crippen LogP) is 26.6. The molecule has 23 nitrogen and oxygen atoms in total. The zero-order chi connectivity index (χ0) is 104. The molecule has 0 aliphatic rings. The lowest BCUT2D eigenvalue weighted by Crippen LogP contribution is -2.38. The third-order valence-corrected chi connectivity index (χ3v) is 16.0. The third kappa shape index (κ3) is 49.7. The molecule has 0 bridgehead atoms. The number of aromatic nitrogens is 4. The van der Waals surface area contributed by atoms with E-state index in [9.17, 15) is 28.8 Å². The van der Waals surface area contributed by atoms with Gasteiger partial charge in [0.05, 0.1) is 17.1 Å². The number of aliphatic imine (C=N–C) groups is 1. The first kappa shape index (κ1) is 134. The first-order valence-electron chi connectivity index (χ1n) is 45.0. The molecule has 0 atom stereocenters. The highest BCUT2D eigenvalue weighted by molar-refractivity contribution is 5.90. The van der Waals surface area contributed by atoms with E-state index >= 15 is 0 Å². The highest BCUT2D eigenvalue weighted by atomic mass is 16.5. The quantitative estimate of drug-likeness (QED) is 0.0285. The standard InChI is InChI=1S/C20H20N2O3.C19H18N2O3.C16H17NO2.C15H13NO2.C14H15NO.10C2H6.5CH4O/c1-13-10-14(2)18(25-16-8-6-5-7-9-16)12-17(13)22-19(23)11-15(3)21(4)20(22)24;1-12-9-13(2)17(24-15-7-5-4-6-8-15)11-16(12)21-18(22)10-14(3)20-19(21)23;1-11-9-12(2)16(10-15(11)17-13(3)18)19-14-7-5-4-6-8-14;1-11-8-12(2)15(9-14(11)16-10-17)18-13-6-4-3-5-7-13;1-10-8-11(2)14(9-13(10)15)16-12-6-4-3-5-7-12;15*1-2/h5-12H,1-4H3;4-11H,1-3H3,(H,20,23);4-10H,1-3H3,(H,17,18);3-9H,1-2H3;3-9H,15H2,1-2H3;10*1-2H3;5*2H,1H3. The summed E-state index contributed by atoms with van der Waals surface area (Å²) in [5, 5.41) is 37.8. The van der Waals surface area contributed by atoms with Gasteiger partial charge in [-0.05, 0) is 199 Å². The summed E-state index contributed by atoms with van der Waals surface area (Å²) in [4.78, 5) is 77.4. The molecule has 132 heavy (non-hydrogen) atoms. The number of para-hydroxylation sites is 5. The number of ether oxygens (including phenoxy) is 5. The lowest BCUT2D eigenvalue weighted by molar-refractivity contribution is -0.114. The summed E-state index contributed by atoms with van der Waals surface area (Å²) < 4.78 is 33.0. The number of nitrogens with one attached hydrogen (secondary N) is 2. The van der Waals surface area contributed by atoms with Crippen LogP contribution in [0.1, 0.15) is 212 Å². The SMILES string of the molecule is CC.CC.CC.CC.CC.CC.CC.CC.CC.CC.CC(=O)Nc1cc(Oc2ccccc2)c(C)cc1C.CO.CO.CO.CO.CO.Cc1cc(=O)n(-c2cc(Oc3ccccc3)c(C)cc2C)c(=O)[nH]1.Cc1cc(C)c(-n2c(=O)cc(C)n(C)c2=O)cc1Oc1ccccc1.Cc1cc(C)c(Oc2ccccc2)cc1N.Cc1cc(C)c(Oc2ccccc2)cc1N=C=O. The van der Waals surface area contributed by atoms with E-state index in [0.717, 1.165) is 136 Å². The zero-order valence-electron chi connectivity index (χ0n) is 87.0. The summed E-state index contributed by atoms with van der Waals surface area (Å²) in [7, 11) is 6.65. The maximum absolute atomic E-state index is 12.6. The minimum absolute atomic E-state index is 0.0855. The summed E-state index contributed by atoms with van der Waals surface area (Å²) in [5.74, 6) is 7.15. The van der Waals surface area contributed by atoms with Crippen molar-refractivity contribution in [2.24, 2.45) is 12.0 Å². The van der Waals surface area contributed by atoms with Gasteiger partial charge in [-0.15, -0.1) is 0 Å². The maximum Gasteiger partial charge on any atom is 0.335 e. The minimum atomic E-state index is -0.461. The smallest absolute Gasteiger partial charge is 0.335 e. The number of nitrogens with zero attached hydrogens (tertiary/aromatic N) is 4. The molecule has 2 aromatic heterocycles. The largest absolute Gasteiger partial charge is 0.457 e. The Hall–Kier alpha value is -13.0. The van der Waals surface area contributed by atoms with Gasteiger partial charge >= 0.3 is 11.4 Å². The second kappa shape index (κ2) is 84.8. The van der Waals surface area contributed by atoms with E-state index in [1.807, 2.05) is 402 Å². The summed E-state index contributed by atoms with van der Waals surface area (Å²) in [6.45, 7) is 64.3. The molecule has 0 spiro atoms. The molecule has 9 N–H and O–H groups in total. The van der Waals surface area contributed by atoms with Crippen LogP contribution in [0.5, 0.6) is 57.5 Å². The lowest BCUT2D eigenvalue weighted by Gasteiger charge is -2.15. The van der Waals surface area contributed by atoms with Gasteiger partial charge < -0.3 is 69.8 Å². The Labute approximate surface area is 791 Å². The van der Waals surface area contributed by atoms with Crippen LogP contribution in [0.15, 0.2) is 249 Å². The van der Waals surface area contributed by atoms with Gasteiger partial charge in [0.25, 0.3) is 11.1 Å². The summed E-state index contributed by atoms with van der Waals surface area (Å²) in [6, 6.07) is 69.2. The Morgan fingerprint density at radius 1 is 0.341 bits per heavy atom. The number of aliphatic hydroxyl groups is 5. The van der Waals surface area contributed by atoms with E-state index in [0.29, 0.717) is 57.2 Å². The Balaban J connectivity index is -0.000000227. The molecule has 23 heteroatoms. The van der Waals surface area contributed by atoms with Gasteiger partial charge in [-0.1, -0.05) is 260 Å². The van der Waals surface area contributed by atoms with Crippen LogP contribution in [0.25, 0.3) is 11.4 Å². The number of carbonyl (C=O) groups excluding carboxylic acids is 2. The molecule has 12 aromatic rings. The van der Waals surface area contributed by atoms with E-state index in [2.05, 4.69) is 15.3 Å². The molecule has 730 valence electrons.